The zero-order valence-electron chi connectivity index (χ0n) is 28.5. The second kappa shape index (κ2) is 11.5. The predicted molar refractivity (Wildman–Crippen MR) is 218 cm³/mol. The van der Waals surface area contributed by atoms with Crippen molar-refractivity contribution in [1.82, 2.24) is 9.88 Å². The van der Waals surface area contributed by atoms with Crippen LogP contribution in [-0.4, -0.2) is 4.57 Å². The van der Waals surface area contributed by atoms with Gasteiger partial charge >= 0.3 is 0 Å². The molecule has 3 heterocycles. The highest BCUT2D eigenvalue weighted by atomic mass is 16.3. The van der Waals surface area contributed by atoms with Gasteiger partial charge in [0.05, 0.1) is 17.1 Å². The number of allylic oxidation sites excluding steroid dienone is 6. The van der Waals surface area contributed by atoms with E-state index in [0.29, 0.717) is 0 Å². The maximum absolute atomic E-state index is 6.30. The second-order valence-corrected chi connectivity index (χ2v) is 14.1. The van der Waals surface area contributed by atoms with E-state index in [-0.39, 0.29) is 6.04 Å². The molecule has 2 aliphatic rings. The van der Waals surface area contributed by atoms with E-state index in [1.165, 1.54) is 65.8 Å². The zero-order chi connectivity index (χ0) is 34.2. The first-order chi connectivity index (χ1) is 25.8. The lowest BCUT2D eigenvalue weighted by atomic mass is 9.89. The quantitative estimate of drug-likeness (QED) is 0.203. The normalized spacial score (nSPS) is 16.3. The Hall–Kier alpha value is -6.58. The van der Waals surface area contributed by atoms with Gasteiger partial charge in [-0.05, 0) is 93.6 Å². The highest BCUT2D eigenvalue weighted by Crippen LogP contribution is 2.43. The van der Waals surface area contributed by atoms with E-state index in [2.05, 4.69) is 168 Å². The van der Waals surface area contributed by atoms with Crippen molar-refractivity contribution in [3.8, 4) is 0 Å². The second-order valence-electron chi connectivity index (χ2n) is 14.1. The Morgan fingerprint density at radius 1 is 0.558 bits per heavy atom. The third-order valence-corrected chi connectivity index (χ3v) is 11.1. The number of furan rings is 1. The first-order valence-electron chi connectivity index (χ1n) is 18.2. The van der Waals surface area contributed by atoms with Crippen LogP contribution in [-0.2, 0) is 0 Å². The van der Waals surface area contributed by atoms with Gasteiger partial charge in [0.25, 0.3) is 0 Å². The molecule has 1 aliphatic heterocycles. The van der Waals surface area contributed by atoms with Gasteiger partial charge in [0, 0.05) is 38.5 Å². The van der Waals surface area contributed by atoms with E-state index >= 15 is 0 Å². The molecular formula is C49H34N2O. The van der Waals surface area contributed by atoms with Crippen LogP contribution in [0.25, 0.3) is 76.7 Å². The summed E-state index contributed by atoms with van der Waals surface area (Å²) in [5.74, 6) is 0. The highest BCUT2D eigenvalue weighted by Gasteiger charge is 2.23. The van der Waals surface area contributed by atoms with Crippen LogP contribution < -0.4 is 5.32 Å². The van der Waals surface area contributed by atoms with Gasteiger partial charge in [-0.15, -0.1) is 0 Å². The van der Waals surface area contributed by atoms with E-state index < -0.39 is 0 Å². The molecule has 52 heavy (non-hydrogen) atoms. The molecule has 0 spiro atoms. The predicted octanol–water partition coefficient (Wildman–Crippen LogP) is 12.9. The van der Waals surface area contributed by atoms with Crippen molar-refractivity contribution in [2.24, 2.45) is 0 Å². The number of hydrogen-bond donors (Lipinski definition) is 1. The summed E-state index contributed by atoms with van der Waals surface area (Å²) in [5.41, 5.74) is 11.8. The molecule has 2 aromatic heterocycles. The molecule has 0 saturated carbocycles. The minimum atomic E-state index is 0.0488. The van der Waals surface area contributed by atoms with E-state index in [0.717, 1.165) is 46.0 Å². The topological polar surface area (TPSA) is 30.1 Å². The summed E-state index contributed by atoms with van der Waals surface area (Å²) in [6, 6.07) is 52.5. The highest BCUT2D eigenvalue weighted by molar-refractivity contribution is 6.28. The average molecular weight is 667 g/mol. The number of dihydropyridines is 1. The van der Waals surface area contributed by atoms with Crippen LogP contribution in [0.15, 0.2) is 185 Å². The van der Waals surface area contributed by atoms with Crippen LogP contribution >= 0.6 is 0 Å². The molecule has 7 aromatic carbocycles. The van der Waals surface area contributed by atoms with E-state index in [1.807, 2.05) is 12.1 Å². The van der Waals surface area contributed by atoms with E-state index in [1.54, 1.807) is 0 Å². The first kappa shape index (κ1) is 29.2. The Morgan fingerprint density at radius 2 is 1.21 bits per heavy atom. The molecule has 1 aliphatic carbocycles. The fraction of sp³-hybridized carbons (Fsp3) is 0.0612. The Bertz CT molecular complexity index is 2950. The minimum Gasteiger partial charge on any atom is -0.456 e. The number of hydrogen-bond acceptors (Lipinski definition) is 2. The van der Waals surface area contributed by atoms with Crippen LogP contribution in [0.1, 0.15) is 30.0 Å². The third kappa shape index (κ3) is 4.52. The number of rotatable bonds is 4. The van der Waals surface area contributed by atoms with Crippen molar-refractivity contribution in [1.29, 1.82) is 0 Å². The van der Waals surface area contributed by atoms with Crippen molar-refractivity contribution in [3.63, 3.8) is 0 Å². The molecule has 1 N–H and O–H groups in total. The molecule has 3 heteroatoms. The van der Waals surface area contributed by atoms with Gasteiger partial charge in [0.1, 0.15) is 11.2 Å². The Kier molecular flexibility index (Phi) is 6.44. The number of nitrogens with one attached hydrogen (secondary N) is 1. The Morgan fingerprint density at radius 3 is 1.92 bits per heavy atom. The monoisotopic (exact) mass is 666 g/mol. The van der Waals surface area contributed by atoms with Crippen LogP contribution in [0.5, 0.6) is 0 Å². The summed E-state index contributed by atoms with van der Waals surface area (Å²) >= 11 is 0. The maximum Gasteiger partial charge on any atom is 0.136 e. The van der Waals surface area contributed by atoms with Gasteiger partial charge in [-0.2, -0.15) is 0 Å². The molecule has 0 fully saturated rings. The molecule has 11 rings (SSSR count). The number of benzene rings is 7. The molecular weight excluding hydrogens is 633 g/mol. The van der Waals surface area contributed by atoms with Crippen molar-refractivity contribution in [3.05, 3.63) is 192 Å². The molecule has 0 amide bonds. The Balaban J connectivity index is 1.05. The SMILES string of the molecule is C1=C(C2=CC=C(n3c4ccc5ccccc5c4c4c5ccccc5ccc43)CC2)C=C(c2ccc3c(c2)oc2ccccc23)NC1c1ccccc1. The molecule has 246 valence electrons. The van der Waals surface area contributed by atoms with Crippen LogP contribution in [0.2, 0.25) is 0 Å². The molecule has 1 atom stereocenters. The van der Waals surface area contributed by atoms with E-state index in [9.17, 15) is 0 Å². The van der Waals surface area contributed by atoms with Crippen molar-refractivity contribution in [2.75, 3.05) is 0 Å². The molecule has 0 saturated heterocycles. The van der Waals surface area contributed by atoms with Gasteiger partial charge in [-0.1, -0.05) is 127 Å². The van der Waals surface area contributed by atoms with Crippen molar-refractivity contribution < 1.29 is 4.42 Å². The number of nitrogens with zero attached hydrogens (tertiary/aromatic N) is 1. The summed E-state index contributed by atoms with van der Waals surface area (Å²) < 4.78 is 8.82. The largest absolute Gasteiger partial charge is 0.456 e. The molecule has 0 radical (unpaired) electrons. The molecule has 3 nitrogen and oxygen atoms in total. The number of para-hydroxylation sites is 1. The molecule has 0 bridgehead atoms. The summed E-state index contributed by atoms with van der Waals surface area (Å²) in [7, 11) is 0. The average Bonchev–Trinajstić information content (AvgIpc) is 3.77. The fourth-order valence-electron chi connectivity index (χ4n) is 8.64. The lowest BCUT2D eigenvalue weighted by Gasteiger charge is -2.27. The van der Waals surface area contributed by atoms with Crippen LogP contribution in [0.4, 0.5) is 0 Å². The first-order valence-corrected chi connectivity index (χ1v) is 18.2. The molecule has 9 aromatic rings. The number of fused-ring (bicyclic) bond motifs is 10. The van der Waals surface area contributed by atoms with Gasteiger partial charge in [0.2, 0.25) is 0 Å². The summed E-state index contributed by atoms with van der Waals surface area (Å²) in [6.45, 7) is 0. The lowest BCUT2D eigenvalue weighted by molar-refractivity contribution is 0.668. The lowest BCUT2D eigenvalue weighted by Crippen LogP contribution is -2.22. The van der Waals surface area contributed by atoms with Crippen molar-refractivity contribution >= 4 is 76.7 Å². The third-order valence-electron chi connectivity index (χ3n) is 11.1. The van der Waals surface area contributed by atoms with Crippen LogP contribution in [0.3, 0.4) is 0 Å². The van der Waals surface area contributed by atoms with Gasteiger partial charge in [0.15, 0.2) is 0 Å². The summed E-state index contributed by atoms with van der Waals surface area (Å²) in [4.78, 5) is 0. The van der Waals surface area contributed by atoms with Gasteiger partial charge < -0.3 is 14.3 Å². The number of aromatic nitrogens is 1. The summed E-state index contributed by atoms with van der Waals surface area (Å²) in [5, 5.41) is 14.0. The smallest absolute Gasteiger partial charge is 0.136 e. The van der Waals surface area contributed by atoms with E-state index in [4.69, 9.17) is 4.42 Å². The van der Waals surface area contributed by atoms with Crippen molar-refractivity contribution in [2.45, 2.75) is 18.9 Å². The zero-order valence-corrected chi connectivity index (χ0v) is 28.5. The standard InChI is InChI=1S/C49H34N2O/c1-2-12-34(13-3-1)42-28-36(29-43(50-42)35-20-25-41-40-16-8-9-17-46(40)52-47(41)30-35)31-18-23-37(24-19-31)51-44-26-21-32-10-4-6-14-38(32)48(44)49-39-15-7-5-11-33(39)22-27-45(49)51/h1-18,20-23,25-30,42,50H,19,24H2. The Labute approximate surface area is 301 Å². The van der Waals surface area contributed by atoms with Crippen LogP contribution in [0, 0.1) is 0 Å². The molecule has 1 unspecified atom stereocenters. The maximum atomic E-state index is 6.30. The summed E-state index contributed by atoms with van der Waals surface area (Å²) in [6.07, 6.45) is 11.3. The minimum absolute atomic E-state index is 0.0488. The van der Waals surface area contributed by atoms with Gasteiger partial charge in [-0.25, -0.2) is 0 Å². The van der Waals surface area contributed by atoms with Gasteiger partial charge in [-0.3, -0.25) is 0 Å². The fourth-order valence-corrected chi connectivity index (χ4v) is 8.64.